The van der Waals surface area contributed by atoms with Gasteiger partial charge in [0.15, 0.2) is 0 Å². The van der Waals surface area contributed by atoms with Gasteiger partial charge in [-0.05, 0) is 24.6 Å². The minimum atomic E-state index is -0.382. The first-order valence-corrected chi connectivity index (χ1v) is 10.5. The maximum absolute atomic E-state index is 12.5. The molecule has 0 radical (unpaired) electrons. The van der Waals surface area contributed by atoms with E-state index < -0.39 is 0 Å². The lowest BCUT2D eigenvalue weighted by Gasteiger charge is -2.26. The van der Waals surface area contributed by atoms with Crippen LogP contribution in [0, 0.1) is 5.92 Å². The van der Waals surface area contributed by atoms with Crippen LogP contribution in [-0.2, 0) is 19.0 Å². The quantitative estimate of drug-likeness (QED) is 0.615. The van der Waals surface area contributed by atoms with Crippen molar-refractivity contribution in [2.45, 2.75) is 12.8 Å². The third kappa shape index (κ3) is 5.46. The third-order valence-corrected chi connectivity index (χ3v) is 5.73. The van der Waals surface area contributed by atoms with Crippen LogP contribution in [0.5, 0.6) is 0 Å². The summed E-state index contributed by atoms with van der Waals surface area (Å²) < 4.78 is 17.0. The first-order chi connectivity index (χ1) is 13.6. The molecule has 2 heterocycles. The molecule has 0 saturated carbocycles. The van der Waals surface area contributed by atoms with Gasteiger partial charge in [0.2, 0.25) is 0 Å². The average molecular weight is 455 g/mol. The van der Waals surface area contributed by atoms with Crippen molar-refractivity contribution in [1.82, 2.24) is 9.80 Å². The first kappa shape index (κ1) is 21.1. The predicted molar refractivity (Wildman–Crippen MR) is 107 cm³/mol. The third-order valence-electron chi connectivity index (χ3n) is 5.20. The maximum atomic E-state index is 12.5. The van der Waals surface area contributed by atoms with Gasteiger partial charge in [0.25, 0.3) is 0 Å². The Kier molecular flexibility index (Phi) is 7.70. The van der Waals surface area contributed by atoms with Gasteiger partial charge in [0.05, 0.1) is 25.7 Å². The van der Waals surface area contributed by atoms with Gasteiger partial charge in [-0.25, -0.2) is 4.79 Å². The molecule has 7 nitrogen and oxygen atoms in total. The van der Waals surface area contributed by atoms with Crippen LogP contribution in [0.4, 0.5) is 4.79 Å². The van der Waals surface area contributed by atoms with Crippen LogP contribution in [0.25, 0.3) is 0 Å². The number of likely N-dealkylation sites (tertiary alicyclic amines) is 1. The Labute approximate surface area is 174 Å². The Balaban J connectivity index is 1.59. The van der Waals surface area contributed by atoms with Crippen molar-refractivity contribution < 1.29 is 23.8 Å². The summed E-state index contributed by atoms with van der Waals surface area (Å²) in [4.78, 5) is 28.8. The number of morpholine rings is 1. The monoisotopic (exact) mass is 454 g/mol. The lowest BCUT2D eigenvalue weighted by Crippen LogP contribution is -2.39. The summed E-state index contributed by atoms with van der Waals surface area (Å²) in [5.41, 5.74) is 1.02. The van der Waals surface area contributed by atoms with E-state index in [1.165, 1.54) is 0 Å². The van der Waals surface area contributed by atoms with Crippen molar-refractivity contribution in [3.63, 3.8) is 0 Å². The number of benzene rings is 1. The number of halogens is 1. The van der Waals surface area contributed by atoms with Gasteiger partial charge in [-0.3, -0.25) is 9.69 Å². The summed E-state index contributed by atoms with van der Waals surface area (Å²) in [5.74, 6) is -0.745. The molecule has 1 amide bonds. The molecular formula is C20H27BrN2O5. The Morgan fingerprint density at radius 1 is 1.14 bits per heavy atom. The number of esters is 1. The number of hydrogen-bond acceptors (Lipinski definition) is 6. The molecule has 2 aliphatic rings. The normalized spacial score (nSPS) is 22.9. The van der Waals surface area contributed by atoms with Gasteiger partial charge < -0.3 is 19.1 Å². The van der Waals surface area contributed by atoms with Crippen molar-refractivity contribution in [1.29, 1.82) is 0 Å². The summed E-state index contributed by atoms with van der Waals surface area (Å²) in [7, 11) is 0. The minimum absolute atomic E-state index is 0.0982. The van der Waals surface area contributed by atoms with E-state index in [2.05, 4.69) is 20.8 Å². The van der Waals surface area contributed by atoms with Crippen molar-refractivity contribution >= 4 is 28.0 Å². The van der Waals surface area contributed by atoms with Crippen LogP contribution in [0.15, 0.2) is 28.7 Å². The van der Waals surface area contributed by atoms with Crippen LogP contribution in [0.3, 0.4) is 0 Å². The lowest BCUT2D eigenvalue weighted by atomic mass is 9.89. The van der Waals surface area contributed by atoms with E-state index in [9.17, 15) is 9.59 Å². The zero-order valence-electron chi connectivity index (χ0n) is 16.1. The Morgan fingerprint density at radius 2 is 1.86 bits per heavy atom. The van der Waals surface area contributed by atoms with E-state index in [4.69, 9.17) is 14.2 Å². The van der Waals surface area contributed by atoms with Crippen molar-refractivity contribution in [2.24, 2.45) is 5.92 Å². The van der Waals surface area contributed by atoms with Crippen LogP contribution in [0.2, 0.25) is 0 Å². The second-order valence-corrected chi connectivity index (χ2v) is 7.91. The van der Waals surface area contributed by atoms with Crippen molar-refractivity contribution in [3.8, 4) is 0 Å². The number of hydrogen-bond donors (Lipinski definition) is 0. The van der Waals surface area contributed by atoms with Gasteiger partial charge in [0.1, 0.15) is 6.61 Å². The summed E-state index contributed by atoms with van der Waals surface area (Å²) in [6.45, 7) is 7.06. The molecule has 8 heteroatoms. The number of amides is 1. The molecule has 0 unspecified atom stereocenters. The Morgan fingerprint density at radius 3 is 2.54 bits per heavy atom. The van der Waals surface area contributed by atoms with E-state index in [0.717, 1.165) is 36.3 Å². The van der Waals surface area contributed by atoms with E-state index in [1.807, 2.05) is 24.3 Å². The highest BCUT2D eigenvalue weighted by molar-refractivity contribution is 9.10. The molecule has 2 saturated heterocycles. The summed E-state index contributed by atoms with van der Waals surface area (Å²) in [6, 6.07) is 7.85. The number of carbonyl (C=O) groups excluding carboxylic acids is 2. The highest BCUT2D eigenvalue weighted by atomic mass is 79.9. The molecule has 0 bridgehead atoms. The van der Waals surface area contributed by atoms with Crippen LogP contribution in [0.1, 0.15) is 18.4 Å². The highest BCUT2D eigenvalue weighted by Gasteiger charge is 2.41. The fourth-order valence-corrected chi connectivity index (χ4v) is 3.93. The standard InChI is InChI=1S/C20H27BrN2O5/c1-2-27-19(24)18-14-23(13-17(18)15-3-5-16(21)6-4-15)20(25)28-12-9-22-7-10-26-11-8-22/h3-6,17-18H,2,7-14H2,1H3/t17-,18+/m1/s1. The van der Waals surface area contributed by atoms with Crippen molar-refractivity contribution in [3.05, 3.63) is 34.3 Å². The number of nitrogens with zero attached hydrogens (tertiary/aromatic N) is 2. The Hall–Kier alpha value is -1.64. The smallest absolute Gasteiger partial charge is 0.409 e. The van der Waals surface area contributed by atoms with E-state index in [1.54, 1.807) is 11.8 Å². The number of rotatable bonds is 6. The van der Waals surface area contributed by atoms with Gasteiger partial charge in [-0.1, -0.05) is 28.1 Å². The fourth-order valence-electron chi connectivity index (χ4n) is 3.67. The summed E-state index contributed by atoms with van der Waals surface area (Å²) in [6.07, 6.45) is -0.373. The average Bonchev–Trinajstić information content (AvgIpc) is 3.15. The Bertz CT molecular complexity index is 663. The van der Waals surface area contributed by atoms with Crippen molar-refractivity contribution in [2.75, 3.05) is 59.2 Å². The largest absolute Gasteiger partial charge is 0.466 e. The predicted octanol–water partition coefficient (Wildman–Crippen LogP) is 2.50. The molecule has 0 aliphatic carbocycles. The zero-order chi connectivity index (χ0) is 19.9. The van der Waals surface area contributed by atoms with Crippen LogP contribution in [-0.4, -0.2) is 81.0 Å². The molecule has 3 rings (SSSR count). The molecule has 1 aromatic carbocycles. The topological polar surface area (TPSA) is 68.3 Å². The number of ether oxygens (including phenoxy) is 3. The summed E-state index contributed by atoms with van der Waals surface area (Å²) >= 11 is 3.43. The molecule has 2 aliphatic heterocycles. The van der Waals surface area contributed by atoms with Gasteiger partial charge >= 0.3 is 12.1 Å². The van der Waals surface area contributed by atoms with Gasteiger partial charge in [-0.15, -0.1) is 0 Å². The molecular weight excluding hydrogens is 428 g/mol. The molecule has 0 aromatic heterocycles. The van der Waals surface area contributed by atoms with E-state index in [-0.39, 0.29) is 23.9 Å². The van der Waals surface area contributed by atoms with E-state index >= 15 is 0 Å². The SMILES string of the molecule is CCOC(=O)[C@H]1CN(C(=O)OCCN2CCOCC2)C[C@@H]1c1ccc(Br)cc1. The molecule has 0 spiro atoms. The second-order valence-electron chi connectivity index (χ2n) is 6.99. The van der Waals surface area contributed by atoms with Gasteiger partial charge in [-0.2, -0.15) is 0 Å². The molecule has 0 N–H and O–H groups in total. The molecule has 28 heavy (non-hydrogen) atoms. The van der Waals surface area contributed by atoms with Crippen LogP contribution < -0.4 is 0 Å². The first-order valence-electron chi connectivity index (χ1n) is 9.72. The molecule has 2 fully saturated rings. The summed E-state index contributed by atoms with van der Waals surface area (Å²) in [5, 5.41) is 0. The second kappa shape index (κ2) is 10.2. The van der Waals surface area contributed by atoms with Gasteiger partial charge in [0, 0.05) is 43.1 Å². The van der Waals surface area contributed by atoms with Crippen LogP contribution >= 0.6 is 15.9 Å². The molecule has 1 aromatic rings. The van der Waals surface area contributed by atoms with E-state index in [0.29, 0.717) is 32.8 Å². The minimum Gasteiger partial charge on any atom is -0.466 e. The fraction of sp³-hybridized carbons (Fsp3) is 0.600. The zero-order valence-corrected chi connectivity index (χ0v) is 17.7. The lowest BCUT2D eigenvalue weighted by molar-refractivity contribution is -0.147. The maximum Gasteiger partial charge on any atom is 0.409 e. The number of carbonyl (C=O) groups is 2. The molecule has 2 atom stereocenters. The molecule has 154 valence electrons. The highest BCUT2D eigenvalue weighted by Crippen LogP contribution is 2.34.